The van der Waals surface area contributed by atoms with Crippen molar-refractivity contribution >= 4 is 11.9 Å². The van der Waals surface area contributed by atoms with Gasteiger partial charge < -0.3 is 41.4 Å². The number of aromatic nitrogens is 2. The van der Waals surface area contributed by atoms with E-state index in [-0.39, 0.29) is 54.5 Å². The van der Waals surface area contributed by atoms with Crippen molar-refractivity contribution in [1.82, 2.24) is 20.6 Å². The molecule has 150 valence electrons. The number of nitrogens with one attached hydrogen (secondary N) is 2. The summed E-state index contributed by atoms with van der Waals surface area (Å²) in [5, 5.41) is 27.8. The van der Waals surface area contributed by atoms with Gasteiger partial charge in [0.25, 0.3) is 0 Å². The van der Waals surface area contributed by atoms with Crippen LogP contribution in [0.4, 0.5) is 0 Å². The minimum atomic E-state index is -1.34. The Labute approximate surface area is 169 Å². The van der Waals surface area contributed by atoms with E-state index >= 15 is 0 Å². The molecule has 11 heteroatoms. The third-order valence-electron chi connectivity index (χ3n) is 3.21. The molecule has 1 aliphatic heterocycles. The molecule has 0 unspecified atom stereocenters. The number of hydrogen-bond acceptors (Lipinski definition) is 8. The molecule has 3 rings (SSSR count). The zero-order valence-corrected chi connectivity index (χ0v) is 16.4. The molecule has 1 saturated heterocycles. The van der Waals surface area contributed by atoms with Gasteiger partial charge in [0.05, 0.1) is 23.3 Å². The van der Waals surface area contributed by atoms with Gasteiger partial charge >= 0.3 is 21.1 Å². The summed E-state index contributed by atoms with van der Waals surface area (Å²) in [5.41, 5.74) is 0.390. The molecule has 10 nitrogen and oxygen atoms in total. The fourth-order valence-electron chi connectivity index (χ4n) is 2.00. The summed E-state index contributed by atoms with van der Waals surface area (Å²) < 4.78 is 0. The number of carbonyl (C=O) groups excluding carboxylic acids is 2. The first kappa shape index (κ1) is 27.0. The molecule has 3 heterocycles. The maximum atomic E-state index is 10.7. The Morgan fingerprint density at radius 2 is 1.11 bits per heavy atom. The average Bonchev–Trinajstić information content (AvgIpc) is 2.64. The van der Waals surface area contributed by atoms with Gasteiger partial charge in [0.2, 0.25) is 0 Å². The number of hydrogen-bond donors (Lipinski definition) is 2. The van der Waals surface area contributed by atoms with Crippen LogP contribution in [0, 0.1) is 0 Å². The van der Waals surface area contributed by atoms with Gasteiger partial charge in [-0.1, -0.05) is 0 Å². The van der Waals surface area contributed by atoms with Gasteiger partial charge in [-0.2, -0.15) is 0 Å². The van der Waals surface area contributed by atoms with Crippen LogP contribution in [-0.2, 0) is 21.1 Å². The molecule has 2 aromatic rings. The van der Waals surface area contributed by atoms with Crippen LogP contribution in [0.1, 0.15) is 20.7 Å². The normalized spacial score (nSPS) is 12.0. The molecule has 1 aliphatic rings. The summed E-state index contributed by atoms with van der Waals surface area (Å²) in [7, 11) is 0. The summed E-state index contributed by atoms with van der Waals surface area (Å²) in [6, 6.07) is 5.08. The zero-order chi connectivity index (χ0) is 17.4. The Hall–Kier alpha value is -2.23. The van der Waals surface area contributed by atoms with E-state index in [1.165, 1.54) is 36.7 Å². The van der Waals surface area contributed by atoms with Crippen LogP contribution in [0.15, 0.2) is 36.7 Å². The quantitative estimate of drug-likeness (QED) is 0.385. The monoisotopic (exact) mass is 559 g/mol. The molecular weight excluding hydrogens is 539 g/mol. The van der Waals surface area contributed by atoms with Gasteiger partial charge in [-0.25, -0.2) is 0 Å². The second-order valence-electron chi connectivity index (χ2n) is 4.93. The molecule has 6 N–H and O–H groups in total. The molecule has 0 bridgehead atoms. The largest absolute Gasteiger partial charge is 2.00 e. The summed E-state index contributed by atoms with van der Waals surface area (Å²) in [6.45, 7) is 4.56. The summed E-state index contributed by atoms with van der Waals surface area (Å²) in [5.74, 6) is -2.68. The molecule has 1 fully saturated rings. The van der Waals surface area contributed by atoms with Crippen LogP contribution < -0.4 is 20.8 Å². The van der Waals surface area contributed by atoms with Gasteiger partial charge in [-0.3, -0.25) is 9.97 Å². The van der Waals surface area contributed by atoms with Crippen LogP contribution in [0.25, 0.3) is 11.4 Å². The number of aromatic carboxylic acids is 2. The third kappa shape index (κ3) is 8.80. The fraction of sp³-hybridized carbons (Fsp3) is 0.250. The van der Waals surface area contributed by atoms with Gasteiger partial charge in [-0.05, 0) is 24.3 Å². The number of rotatable bonds is 3. The number of nitrogens with zero attached hydrogens (tertiary/aromatic N) is 2. The third-order valence-corrected chi connectivity index (χ3v) is 3.21. The predicted molar refractivity (Wildman–Crippen MR) is 89.1 cm³/mol. The van der Waals surface area contributed by atoms with Crippen LogP contribution in [0.5, 0.6) is 0 Å². The van der Waals surface area contributed by atoms with Crippen molar-refractivity contribution in [3.8, 4) is 11.4 Å². The van der Waals surface area contributed by atoms with Crippen molar-refractivity contribution < 1.29 is 51.8 Å². The summed E-state index contributed by atoms with van der Waals surface area (Å²) in [6.07, 6.45) is 2.57. The van der Waals surface area contributed by atoms with Crippen molar-refractivity contribution in [3.05, 3.63) is 47.8 Å². The van der Waals surface area contributed by atoms with Crippen molar-refractivity contribution in [2.75, 3.05) is 26.2 Å². The van der Waals surface area contributed by atoms with Crippen molar-refractivity contribution in [3.63, 3.8) is 0 Å². The standard InChI is InChI=1S/C12H8N2O4.C4H10N2.2H2O.Pt/c15-11(16)7-1-3-13-9(5-7)10-6-8(12(17)18)2-4-14-10;1-2-6-4-3-5-1;;;/h1-6H,(H,15,16)(H,17,18);5-6H,1-4H2;2*1H2;/q;;;;+2/p-2. The van der Waals surface area contributed by atoms with Crippen LogP contribution in [0.3, 0.4) is 0 Å². The van der Waals surface area contributed by atoms with Crippen LogP contribution in [-0.4, -0.2) is 59.0 Å². The van der Waals surface area contributed by atoms with E-state index in [0.717, 1.165) is 26.2 Å². The van der Waals surface area contributed by atoms with Gasteiger partial charge in [0.1, 0.15) is 0 Å². The van der Waals surface area contributed by atoms with E-state index < -0.39 is 11.9 Å². The van der Waals surface area contributed by atoms with Crippen LogP contribution in [0.2, 0.25) is 0 Å². The topological polar surface area (TPSA) is 193 Å². The molecule has 0 aromatic carbocycles. The first-order chi connectivity index (χ1) is 11.6. The molecule has 0 saturated carbocycles. The van der Waals surface area contributed by atoms with Gasteiger partial charge in [0, 0.05) is 49.7 Å². The predicted octanol–water partition coefficient (Wildman–Crippen LogP) is -3.60. The Kier molecular flexibility index (Phi) is 13.9. The van der Waals surface area contributed by atoms with Gasteiger partial charge in [-0.15, -0.1) is 0 Å². The first-order valence-corrected chi connectivity index (χ1v) is 7.34. The first-order valence-electron chi connectivity index (χ1n) is 7.34. The zero-order valence-electron chi connectivity index (χ0n) is 14.1. The Bertz CT molecular complexity index is 661. The second-order valence-corrected chi connectivity index (χ2v) is 4.93. The maximum absolute atomic E-state index is 10.7. The SMILES string of the molecule is C1CNCCN1.O.O.O=C([O-])c1ccnc(-c2cc(C(=O)[O-])ccn2)c1.[Pt+2]. The van der Waals surface area contributed by atoms with E-state index in [1.807, 2.05) is 0 Å². The van der Waals surface area contributed by atoms with E-state index in [2.05, 4.69) is 20.6 Å². The van der Waals surface area contributed by atoms with Crippen molar-refractivity contribution in [2.24, 2.45) is 0 Å². The number of carbonyl (C=O) groups is 2. The molecule has 0 spiro atoms. The molecule has 0 radical (unpaired) electrons. The summed E-state index contributed by atoms with van der Waals surface area (Å²) >= 11 is 0. The molecule has 2 aromatic heterocycles. The molecule has 27 heavy (non-hydrogen) atoms. The van der Waals surface area contributed by atoms with Crippen molar-refractivity contribution in [2.45, 2.75) is 0 Å². The molecular formula is C16H20N4O6Pt. The minimum absolute atomic E-state index is 0. The number of carboxylic acids is 2. The van der Waals surface area contributed by atoms with Gasteiger partial charge in [0.15, 0.2) is 0 Å². The molecule has 0 atom stereocenters. The van der Waals surface area contributed by atoms with E-state index in [0.29, 0.717) is 0 Å². The maximum Gasteiger partial charge on any atom is 2.00 e. The van der Waals surface area contributed by atoms with Crippen molar-refractivity contribution in [1.29, 1.82) is 0 Å². The Balaban J connectivity index is 0. The molecule has 0 aliphatic carbocycles. The van der Waals surface area contributed by atoms with E-state index in [9.17, 15) is 19.8 Å². The number of piperazine rings is 1. The minimum Gasteiger partial charge on any atom is -0.545 e. The Morgan fingerprint density at radius 3 is 1.37 bits per heavy atom. The smallest absolute Gasteiger partial charge is 0.545 e. The van der Waals surface area contributed by atoms with E-state index in [1.54, 1.807) is 0 Å². The number of carboxylic acid groups (broad SMARTS) is 2. The molecule has 0 amide bonds. The van der Waals surface area contributed by atoms with Crippen LogP contribution >= 0.6 is 0 Å². The fourth-order valence-corrected chi connectivity index (χ4v) is 2.00. The summed E-state index contributed by atoms with van der Waals surface area (Å²) in [4.78, 5) is 29.2. The second kappa shape index (κ2) is 13.9. The Morgan fingerprint density at radius 1 is 0.778 bits per heavy atom. The average molecular weight is 559 g/mol. The number of pyridine rings is 2. The van der Waals surface area contributed by atoms with E-state index in [4.69, 9.17) is 0 Å².